The molecule has 60 valence electrons. The van der Waals surface area contributed by atoms with Gasteiger partial charge in [-0.25, -0.2) is 0 Å². The van der Waals surface area contributed by atoms with Gasteiger partial charge in [0.25, 0.3) is 0 Å². The molecular formula is C9H14N2. The molecule has 0 aromatic rings. The zero-order chi connectivity index (χ0) is 7.00. The smallest absolute Gasteiger partial charge is 0.0259 e. The third-order valence-corrected chi connectivity index (χ3v) is 4.54. The molecule has 2 saturated heterocycles. The van der Waals surface area contributed by atoms with Gasteiger partial charge >= 0.3 is 0 Å². The van der Waals surface area contributed by atoms with Crippen molar-refractivity contribution in [2.45, 2.75) is 18.5 Å². The summed E-state index contributed by atoms with van der Waals surface area (Å²) < 4.78 is 0. The molecule has 0 spiro atoms. The minimum absolute atomic E-state index is 0.959. The van der Waals surface area contributed by atoms with Crippen LogP contribution in [0.5, 0.6) is 0 Å². The van der Waals surface area contributed by atoms with Crippen LogP contribution in [-0.2, 0) is 0 Å². The highest BCUT2D eigenvalue weighted by atomic mass is 15.2. The molecule has 2 bridgehead atoms. The van der Waals surface area contributed by atoms with Gasteiger partial charge in [0, 0.05) is 12.1 Å². The van der Waals surface area contributed by atoms with Crippen molar-refractivity contribution < 1.29 is 0 Å². The Hall–Kier alpha value is -0.0800. The van der Waals surface area contributed by atoms with Crippen LogP contribution in [0.4, 0.5) is 0 Å². The molecule has 4 rings (SSSR count). The number of rotatable bonds is 0. The van der Waals surface area contributed by atoms with Crippen molar-refractivity contribution in [3.63, 3.8) is 0 Å². The molecule has 0 aromatic carbocycles. The second kappa shape index (κ2) is 1.50. The first-order valence-electron chi connectivity index (χ1n) is 4.92. The summed E-state index contributed by atoms with van der Waals surface area (Å²) in [5.74, 6) is 4.22. The molecule has 0 aromatic heterocycles. The third-order valence-electron chi connectivity index (χ3n) is 4.54. The molecule has 2 saturated carbocycles. The number of nitrogens with one attached hydrogen (secondary N) is 2. The molecule has 2 heteroatoms. The van der Waals surface area contributed by atoms with Crippen molar-refractivity contribution in [1.29, 1.82) is 0 Å². The summed E-state index contributed by atoms with van der Waals surface area (Å²) in [5.41, 5.74) is 0. The van der Waals surface area contributed by atoms with E-state index in [4.69, 9.17) is 0 Å². The van der Waals surface area contributed by atoms with E-state index in [-0.39, 0.29) is 0 Å². The lowest BCUT2D eigenvalue weighted by molar-refractivity contribution is 0.316. The predicted molar refractivity (Wildman–Crippen MR) is 42.2 cm³/mol. The van der Waals surface area contributed by atoms with E-state index in [0.717, 1.165) is 35.8 Å². The summed E-state index contributed by atoms with van der Waals surface area (Å²) in [6.07, 6.45) is 1.55. The Labute approximate surface area is 66.7 Å². The van der Waals surface area contributed by atoms with E-state index in [1.807, 2.05) is 0 Å². The van der Waals surface area contributed by atoms with Crippen LogP contribution in [0.15, 0.2) is 0 Å². The van der Waals surface area contributed by atoms with Gasteiger partial charge < -0.3 is 10.6 Å². The monoisotopic (exact) mass is 150 g/mol. The minimum Gasteiger partial charge on any atom is -0.316 e. The first kappa shape index (κ1) is 5.55. The first-order chi connectivity index (χ1) is 5.45. The Morgan fingerprint density at radius 3 is 2.09 bits per heavy atom. The van der Waals surface area contributed by atoms with E-state index in [9.17, 15) is 0 Å². The predicted octanol–water partition coefficient (Wildman–Crippen LogP) is -0.188. The van der Waals surface area contributed by atoms with Crippen LogP contribution in [0.2, 0.25) is 0 Å². The van der Waals surface area contributed by atoms with Crippen molar-refractivity contribution in [3.05, 3.63) is 0 Å². The van der Waals surface area contributed by atoms with Crippen molar-refractivity contribution in [2.24, 2.45) is 23.7 Å². The maximum absolute atomic E-state index is 3.63. The van der Waals surface area contributed by atoms with Crippen LogP contribution in [0.25, 0.3) is 0 Å². The van der Waals surface area contributed by atoms with Crippen LogP contribution >= 0.6 is 0 Å². The van der Waals surface area contributed by atoms with Crippen LogP contribution in [0.3, 0.4) is 0 Å². The normalized spacial score (nSPS) is 69.8. The first-order valence-corrected chi connectivity index (χ1v) is 4.92. The van der Waals surface area contributed by atoms with Gasteiger partial charge in [0.2, 0.25) is 0 Å². The largest absolute Gasteiger partial charge is 0.316 e. The molecule has 6 unspecified atom stereocenters. The van der Waals surface area contributed by atoms with E-state index < -0.39 is 0 Å². The minimum atomic E-state index is 0.959. The third kappa shape index (κ3) is 0.482. The van der Waals surface area contributed by atoms with Gasteiger partial charge in [0.05, 0.1) is 0 Å². The lowest BCUT2D eigenvalue weighted by Gasteiger charge is -2.20. The molecule has 4 fully saturated rings. The topological polar surface area (TPSA) is 34.0 Å². The zero-order valence-electron chi connectivity index (χ0n) is 6.59. The summed E-state index contributed by atoms with van der Waals surface area (Å²) >= 11 is 0. The number of piperidine rings is 1. The average molecular weight is 150 g/mol. The summed E-state index contributed by atoms with van der Waals surface area (Å²) in [5, 5.41) is 7.17. The van der Waals surface area contributed by atoms with Crippen molar-refractivity contribution in [2.75, 3.05) is 13.1 Å². The van der Waals surface area contributed by atoms with Crippen molar-refractivity contribution in [3.8, 4) is 0 Å². The highest BCUT2D eigenvalue weighted by molar-refractivity contribution is 5.22. The Morgan fingerprint density at radius 1 is 0.818 bits per heavy atom. The molecule has 11 heavy (non-hydrogen) atoms. The molecule has 2 aliphatic carbocycles. The van der Waals surface area contributed by atoms with E-state index in [2.05, 4.69) is 10.6 Å². The second-order valence-corrected chi connectivity index (χ2v) is 4.77. The maximum Gasteiger partial charge on any atom is 0.0259 e. The Morgan fingerprint density at radius 2 is 1.45 bits per heavy atom. The van der Waals surface area contributed by atoms with Gasteiger partial charge in [-0.05, 0) is 43.2 Å². The van der Waals surface area contributed by atoms with Crippen molar-refractivity contribution >= 4 is 0 Å². The maximum atomic E-state index is 3.63. The van der Waals surface area contributed by atoms with Crippen molar-refractivity contribution in [1.82, 2.24) is 10.6 Å². The molecule has 4 aliphatic rings. The van der Waals surface area contributed by atoms with Gasteiger partial charge in [-0.15, -0.1) is 0 Å². The van der Waals surface area contributed by atoms with E-state index in [1.165, 1.54) is 13.1 Å². The summed E-state index contributed by atoms with van der Waals surface area (Å²) in [6, 6.07) is 1.92. The van der Waals surface area contributed by atoms with E-state index in [0.29, 0.717) is 0 Å². The van der Waals surface area contributed by atoms with Crippen LogP contribution in [0, 0.1) is 23.7 Å². The fraction of sp³-hybridized carbons (Fsp3) is 1.00. The van der Waals surface area contributed by atoms with Crippen LogP contribution in [-0.4, -0.2) is 25.2 Å². The quantitative estimate of drug-likeness (QED) is 0.469. The SMILES string of the molecule is C1NCC2C1C1CC2C2NC12. The summed E-state index contributed by atoms with van der Waals surface area (Å²) in [4.78, 5) is 0. The molecule has 2 N–H and O–H groups in total. The summed E-state index contributed by atoms with van der Waals surface area (Å²) in [7, 11) is 0. The van der Waals surface area contributed by atoms with Gasteiger partial charge in [-0.2, -0.15) is 0 Å². The van der Waals surface area contributed by atoms with Gasteiger partial charge in [0.15, 0.2) is 0 Å². The lowest BCUT2D eigenvalue weighted by atomic mass is 9.82. The molecule has 0 amide bonds. The fourth-order valence-electron chi connectivity index (χ4n) is 4.09. The number of fused-ring (bicyclic) bond motifs is 8. The molecule has 6 atom stereocenters. The van der Waals surface area contributed by atoms with Gasteiger partial charge in [-0.1, -0.05) is 0 Å². The van der Waals surface area contributed by atoms with E-state index in [1.54, 1.807) is 6.42 Å². The zero-order valence-corrected chi connectivity index (χ0v) is 6.59. The molecule has 2 aliphatic heterocycles. The number of hydrogen-bond donors (Lipinski definition) is 2. The molecule has 2 heterocycles. The molecule has 0 radical (unpaired) electrons. The second-order valence-electron chi connectivity index (χ2n) is 4.77. The van der Waals surface area contributed by atoms with E-state index >= 15 is 0 Å². The Kier molecular flexibility index (Phi) is 0.758. The Bertz CT molecular complexity index is 192. The fourth-order valence-corrected chi connectivity index (χ4v) is 4.09. The highest BCUT2D eigenvalue weighted by Gasteiger charge is 2.65. The summed E-state index contributed by atoms with van der Waals surface area (Å²) in [6.45, 7) is 2.63. The number of hydrogen-bond acceptors (Lipinski definition) is 2. The van der Waals surface area contributed by atoms with Crippen LogP contribution < -0.4 is 10.6 Å². The average Bonchev–Trinajstić information content (AvgIpc) is 2.46. The standard InChI is InChI=1S/C9H14N2/c1-4-6-2-10-3-7(6)5(1)9-8(4)11-9/h4-11H,1-3H2. The van der Waals surface area contributed by atoms with Crippen LogP contribution in [0.1, 0.15) is 6.42 Å². The van der Waals surface area contributed by atoms with Gasteiger partial charge in [0.1, 0.15) is 0 Å². The lowest BCUT2D eigenvalue weighted by Crippen LogP contribution is -2.25. The molecule has 2 nitrogen and oxygen atoms in total. The highest BCUT2D eigenvalue weighted by Crippen LogP contribution is 2.58. The van der Waals surface area contributed by atoms with Gasteiger partial charge in [-0.3, -0.25) is 0 Å². The molecular weight excluding hydrogens is 136 g/mol. The Balaban J connectivity index is 1.79.